The molecule has 0 saturated heterocycles. The topological polar surface area (TPSA) is 55.2 Å². The van der Waals surface area contributed by atoms with Crippen molar-refractivity contribution in [3.63, 3.8) is 0 Å². The summed E-state index contributed by atoms with van der Waals surface area (Å²) in [6, 6.07) is 4.99. The quantitative estimate of drug-likeness (QED) is 0.647. The summed E-state index contributed by atoms with van der Waals surface area (Å²) >= 11 is 5.72. The summed E-state index contributed by atoms with van der Waals surface area (Å²) in [6.07, 6.45) is 0. The standard InChI is InChI=1S/C11H15ClN2O2/c1-7(2)8(3)13-9-4-5-10(12)11(6-9)14(15)16/h4-8,13H,1-3H3. The van der Waals surface area contributed by atoms with E-state index in [1.165, 1.54) is 12.1 Å². The molecule has 0 amide bonds. The van der Waals surface area contributed by atoms with Gasteiger partial charge in [-0.3, -0.25) is 10.1 Å². The van der Waals surface area contributed by atoms with Crippen molar-refractivity contribution in [3.05, 3.63) is 33.3 Å². The minimum atomic E-state index is -0.479. The maximum atomic E-state index is 10.7. The number of hydrogen-bond acceptors (Lipinski definition) is 3. The lowest BCUT2D eigenvalue weighted by atomic mass is 10.1. The summed E-state index contributed by atoms with van der Waals surface area (Å²) in [5, 5.41) is 14.0. The fourth-order valence-electron chi connectivity index (χ4n) is 1.17. The normalized spacial score (nSPS) is 12.6. The molecule has 0 bridgehead atoms. The highest BCUT2D eigenvalue weighted by atomic mass is 35.5. The number of rotatable bonds is 4. The summed E-state index contributed by atoms with van der Waals surface area (Å²) in [5.74, 6) is 0.453. The van der Waals surface area contributed by atoms with Crippen molar-refractivity contribution in [3.8, 4) is 0 Å². The Morgan fingerprint density at radius 2 is 2.00 bits per heavy atom. The number of halogens is 1. The summed E-state index contributed by atoms with van der Waals surface area (Å²) in [7, 11) is 0. The first-order valence-electron chi connectivity index (χ1n) is 5.12. The third-order valence-electron chi connectivity index (χ3n) is 2.54. The van der Waals surface area contributed by atoms with Gasteiger partial charge < -0.3 is 5.32 Å². The maximum Gasteiger partial charge on any atom is 0.289 e. The van der Waals surface area contributed by atoms with Gasteiger partial charge in [0.15, 0.2) is 0 Å². The van der Waals surface area contributed by atoms with Gasteiger partial charge in [-0.15, -0.1) is 0 Å². The lowest BCUT2D eigenvalue weighted by Crippen LogP contribution is -2.21. The van der Waals surface area contributed by atoms with E-state index in [2.05, 4.69) is 19.2 Å². The van der Waals surface area contributed by atoms with Crippen molar-refractivity contribution in [2.45, 2.75) is 26.8 Å². The average molecular weight is 243 g/mol. The van der Waals surface area contributed by atoms with Gasteiger partial charge in [0.1, 0.15) is 5.02 Å². The van der Waals surface area contributed by atoms with Crippen LogP contribution in [0.15, 0.2) is 18.2 Å². The second kappa shape index (κ2) is 5.16. The highest BCUT2D eigenvalue weighted by Gasteiger charge is 2.14. The van der Waals surface area contributed by atoms with Gasteiger partial charge in [0, 0.05) is 17.8 Å². The highest BCUT2D eigenvalue weighted by molar-refractivity contribution is 6.32. The maximum absolute atomic E-state index is 10.7. The molecule has 0 radical (unpaired) electrons. The Morgan fingerprint density at radius 3 is 2.50 bits per heavy atom. The second-order valence-electron chi connectivity index (χ2n) is 4.10. The van der Waals surface area contributed by atoms with E-state index in [1.54, 1.807) is 6.07 Å². The second-order valence-corrected chi connectivity index (χ2v) is 4.51. The van der Waals surface area contributed by atoms with Crippen LogP contribution in [0.3, 0.4) is 0 Å². The van der Waals surface area contributed by atoms with E-state index < -0.39 is 4.92 Å². The van der Waals surface area contributed by atoms with Gasteiger partial charge in [0.2, 0.25) is 0 Å². The Labute approximate surface area is 99.8 Å². The summed E-state index contributed by atoms with van der Waals surface area (Å²) in [6.45, 7) is 6.20. The summed E-state index contributed by atoms with van der Waals surface area (Å²) in [4.78, 5) is 10.2. The molecule has 16 heavy (non-hydrogen) atoms. The van der Waals surface area contributed by atoms with Crippen LogP contribution >= 0.6 is 11.6 Å². The number of anilines is 1. The van der Waals surface area contributed by atoms with E-state index in [-0.39, 0.29) is 16.8 Å². The van der Waals surface area contributed by atoms with Crippen LogP contribution in [0.1, 0.15) is 20.8 Å². The molecule has 1 unspecified atom stereocenters. The van der Waals surface area contributed by atoms with Crippen LogP contribution in [0.5, 0.6) is 0 Å². The van der Waals surface area contributed by atoms with Gasteiger partial charge in [-0.1, -0.05) is 25.4 Å². The molecule has 0 aromatic heterocycles. The fraction of sp³-hybridized carbons (Fsp3) is 0.455. The summed E-state index contributed by atoms with van der Waals surface area (Å²) < 4.78 is 0. The Kier molecular flexibility index (Phi) is 4.12. The predicted octanol–water partition coefficient (Wildman–Crippen LogP) is 3.70. The van der Waals surface area contributed by atoms with Crippen molar-refractivity contribution in [1.29, 1.82) is 0 Å². The van der Waals surface area contributed by atoms with Gasteiger partial charge in [-0.25, -0.2) is 0 Å². The lowest BCUT2D eigenvalue weighted by molar-refractivity contribution is -0.384. The number of nitro benzene ring substituents is 1. The van der Waals surface area contributed by atoms with E-state index in [4.69, 9.17) is 11.6 Å². The monoisotopic (exact) mass is 242 g/mol. The van der Waals surface area contributed by atoms with Gasteiger partial charge in [0.05, 0.1) is 4.92 Å². The predicted molar refractivity (Wildman–Crippen MR) is 66.0 cm³/mol. The van der Waals surface area contributed by atoms with Crippen LogP contribution in [-0.2, 0) is 0 Å². The molecular formula is C11H15ClN2O2. The molecule has 0 fully saturated rings. The Morgan fingerprint density at radius 1 is 1.38 bits per heavy atom. The molecule has 0 spiro atoms. The Bertz CT molecular complexity index is 394. The van der Waals surface area contributed by atoms with Crippen molar-refractivity contribution in [2.24, 2.45) is 5.92 Å². The molecule has 4 nitrogen and oxygen atoms in total. The van der Waals surface area contributed by atoms with Gasteiger partial charge in [0.25, 0.3) is 5.69 Å². The van der Waals surface area contributed by atoms with Crippen molar-refractivity contribution >= 4 is 23.0 Å². The van der Waals surface area contributed by atoms with E-state index in [0.717, 1.165) is 5.69 Å². The van der Waals surface area contributed by atoms with E-state index in [1.807, 2.05) is 6.92 Å². The molecule has 0 aliphatic heterocycles. The van der Waals surface area contributed by atoms with Gasteiger partial charge in [-0.05, 0) is 25.0 Å². The van der Waals surface area contributed by atoms with E-state index >= 15 is 0 Å². The first-order chi connectivity index (χ1) is 7.41. The fourth-order valence-corrected chi connectivity index (χ4v) is 1.36. The molecule has 1 atom stereocenters. The molecule has 1 rings (SSSR count). The largest absolute Gasteiger partial charge is 0.382 e. The smallest absolute Gasteiger partial charge is 0.289 e. The average Bonchev–Trinajstić information content (AvgIpc) is 2.20. The third-order valence-corrected chi connectivity index (χ3v) is 2.86. The van der Waals surface area contributed by atoms with Crippen LogP contribution < -0.4 is 5.32 Å². The van der Waals surface area contributed by atoms with Crippen LogP contribution in [0.25, 0.3) is 0 Å². The summed E-state index contributed by atoms with van der Waals surface area (Å²) in [5.41, 5.74) is 0.653. The third kappa shape index (κ3) is 3.10. The molecule has 0 aliphatic carbocycles. The van der Waals surface area contributed by atoms with Crippen molar-refractivity contribution in [2.75, 3.05) is 5.32 Å². The van der Waals surface area contributed by atoms with Crippen LogP contribution in [0.2, 0.25) is 5.02 Å². The van der Waals surface area contributed by atoms with Crippen molar-refractivity contribution in [1.82, 2.24) is 0 Å². The van der Waals surface area contributed by atoms with Gasteiger partial charge >= 0.3 is 0 Å². The number of nitrogens with zero attached hydrogens (tertiary/aromatic N) is 1. The number of benzene rings is 1. The molecule has 1 aromatic rings. The SMILES string of the molecule is CC(C)C(C)Nc1ccc(Cl)c([N+](=O)[O-])c1. The van der Waals surface area contributed by atoms with Crippen LogP contribution in [0.4, 0.5) is 11.4 Å². The lowest BCUT2D eigenvalue weighted by Gasteiger charge is -2.18. The molecule has 5 heteroatoms. The highest BCUT2D eigenvalue weighted by Crippen LogP contribution is 2.27. The first-order valence-corrected chi connectivity index (χ1v) is 5.50. The molecule has 1 aromatic carbocycles. The first kappa shape index (κ1) is 12.8. The zero-order valence-corrected chi connectivity index (χ0v) is 10.3. The molecular weight excluding hydrogens is 228 g/mol. The molecule has 0 saturated carbocycles. The molecule has 0 aliphatic rings. The van der Waals surface area contributed by atoms with Crippen LogP contribution in [-0.4, -0.2) is 11.0 Å². The van der Waals surface area contributed by atoms with E-state index in [9.17, 15) is 10.1 Å². The molecule has 88 valence electrons. The Balaban J connectivity index is 2.91. The minimum Gasteiger partial charge on any atom is -0.382 e. The number of nitro groups is 1. The Hall–Kier alpha value is -1.29. The zero-order valence-electron chi connectivity index (χ0n) is 9.53. The van der Waals surface area contributed by atoms with Gasteiger partial charge in [-0.2, -0.15) is 0 Å². The number of hydrogen-bond donors (Lipinski definition) is 1. The zero-order chi connectivity index (χ0) is 12.3. The van der Waals surface area contributed by atoms with Crippen LogP contribution in [0, 0.1) is 16.0 Å². The van der Waals surface area contributed by atoms with Crippen molar-refractivity contribution < 1.29 is 4.92 Å². The molecule has 1 N–H and O–H groups in total. The number of nitrogens with one attached hydrogen (secondary N) is 1. The van der Waals surface area contributed by atoms with E-state index in [0.29, 0.717) is 5.92 Å². The molecule has 0 heterocycles. The minimum absolute atomic E-state index is 0.0670.